The van der Waals surface area contributed by atoms with Crippen molar-refractivity contribution in [2.24, 2.45) is 15.4 Å². The summed E-state index contributed by atoms with van der Waals surface area (Å²) in [5, 5.41) is 0. The van der Waals surface area contributed by atoms with Gasteiger partial charge in [-0.25, -0.2) is 0 Å². The van der Waals surface area contributed by atoms with E-state index in [9.17, 15) is 9.59 Å². The molecule has 16 heavy (non-hydrogen) atoms. The summed E-state index contributed by atoms with van der Waals surface area (Å²) in [6.45, 7) is 0.500. The first-order chi connectivity index (χ1) is 7.72. The van der Waals surface area contributed by atoms with Crippen LogP contribution < -0.4 is 0 Å². The molecule has 0 aromatic carbocycles. The second kappa shape index (κ2) is 3.07. The Hall–Kier alpha value is -1.84. The molecule has 1 atom stereocenters. The van der Waals surface area contributed by atoms with Crippen LogP contribution >= 0.6 is 0 Å². The molecule has 80 valence electrons. The van der Waals surface area contributed by atoms with Crippen molar-refractivity contribution in [3.63, 3.8) is 0 Å². The Morgan fingerprint density at radius 1 is 1.25 bits per heavy atom. The fourth-order valence-corrected chi connectivity index (χ4v) is 2.44. The van der Waals surface area contributed by atoms with Crippen LogP contribution in [0.3, 0.4) is 0 Å². The van der Waals surface area contributed by atoms with E-state index in [1.165, 1.54) is 6.08 Å². The van der Waals surface area contributed by atoms with E-state index >= 15 is 0 Å². The Balaban J connectivity index is 2.21. The molecule has 2 heterocycles. The Kier molecular flexibility index (Phi) is 1.80. The van der Waals surface area contributed by atoms with Crippen molar-refractivity contribution in [1.29, 1.82) is 0 Å². The molecular weight excluding hydrogens is 204 g/mol. The van der Waals surface area contributed by atoms with E-state index in [4.69, 9.17) is 0 Å². The molecule has 1 unspecified atom stereocenters. The van der Waals surface area contributed by atoms with Crippen molar-refractivity contribution < 1.29 is 9.59 Å². The zero-order valence-corrected chi connectivity index (χ0v) is 8.64. The van der Waals surface area contributed by atoms with Crippen LogP contribution in [0.5, 0.6) is 0 Å². The number of nitrogens with zero attached hydrogens (tertiary/aromatic N) is 2. The van der Waals surface area contributed by atoms with Gasteiger partial charge in [0.15, 0.2) is 11.6 Å². The zero-order valence-electron chi connectivity index (χ0n) is 8.64. The molecule has 3 rings (SSSR count). The lowest BCUT2D eigenvalue weighted by Crippen LogP contribution is -2.38. The maximum atomic E-state index is 11.9. The van der Waals surface area contributed by atoms with Crippen molar-refractivity contribution in [3.05, 3.63) is 23.9 Å². The lowest BCUT2D eigenvalue weighted by molar-refractivity contribution is -0.116. The molecule has 0 amide bonds. The van der Waals surface area contributed by atoms with Gasteiger partial charge in [-0.2, -0.15) is 0 Å². The lowest BCUT2D eigenvalue weighted by atomic mass is 9.70. The van der Waals surface area contributed by atoms with Gasteiger partial charge < -0.3 is 0 Å². The molecule has 1 aliphatic carbocycles. The predicted octanol–water partition coefficient (Wildman–Crippen LogP) is 0.884. The fraction of sp³-hybridized carbons (Fsp3) is 0.333. The largest absolute Gasteiger partial charge is 0.295 e. The van der Waals surface area contributed by atoms with Crippen LogP contribution in [0.4, 0.5) is 0 Å². The number of aliphatic imine (C=N–C) groups is 2. The van der Waals surface area contributed by atoms with Gasteiger partial charge in [-0.15, -0.1) is 0 Å². The van der Waals surface area contributed by atoms with Crippen molar-refractivity contribution >= 4 is 23.5 Å². The van der Waals surface area contributed by atoms with Crippen LogP contribution in [0, 0.1) is 5.41 Å². The highest BCUT2D eigenvalue weighted by Crippen LogP contribution is 2.40. The maximum Gasteiger partial charge on any atom is 0.163 e. The zero-order chi connectivity index (χ0) is 11.2. The summed E-state index contributed by atoms with van der Waals surface area (Å²) in [5.41, 5.74) is 0.770. The summed E-state index contributed by atoms with van der Waals surface area (Å²) in [7, 11) is 0. The fourth-order valence-electron chi connectivity index (χ4n) is 2.44. The predicted molar refractivity (Wildman–Crippen MR) is 59.7 cm³/mol. The monoisotopic (exact) mass is 214 g/mol. The Morgan fingerprint density at radius 3 is 3.00 bits per heavy atom. The van der Waals surface area contributed by atoms with Gasteiger partial charge in [0.25, 0.3) is 0 Å². The van der Waals surface area contributed by atoms with Crippen LogP contribution in [0.2, 0.25) is 0 Å². The van der Waals surface area contributed by atoms with Gasteiger partial charge in [-0.1, -0.05) is 0 Å². The molecule has 0 radical (unpaired) electrons. The van der Waals surface area contributed by atoms with Crippen molar-refractivity contribution in [1.82, 2.24) is 0 Å². The summed E-state index contributed by atoms with van der Waals surface area (Å²) in [5.74, 6) is 0.0762. The van der Waals surface area contributed by atoms with Crippen LogP contribution in [0.1, 0.15) is 12.8 Å². The van der Waals surface area contributed by atoms with E-state index in [-0.39, 0.29) is 18.0 Å². The number of allylic oxidation sites excluding steroid dienone is 3. The molecule has 0 aromatic rings. The molecule has 0 saturated carbocycles. The number of carbonyl (C=O) groups is 2. The topological polar surface area (TPSA) is 58.9 Å². The Morgan fingerprint density at radius 2 is 2.12 bits per heavy atom. The molecule has 3 aliphatic rings. The van der Waals surface area contributed by atoms with Crippen LogP contribution in [-0.4, -0.2) is 30.0 Å². The van der Waals surface area contributed by atoms with Gasteiger partial charge in [-0.3, -0.25) is 19.6 Å². The summed E-state index contributed by atoms with van der Waals surface area (Å²) in [6.07, 6.45) is 7.20. The minimum atomic E-state index is -0.653. The number of hydrogen-bond acceptors (Lipinski definition) is 4. The smallest absolute Gasteiger partial charge is 0.163 e. The molecule has 2 aliphatic heterocycles. The number of Topliss-reactive ketones (excluding diaryl/α,β-unsaturated/α-hetero) is 1. The molecule has 0 N–H and O–H groups in total. The molecular formula is C12H10N2O2. The Labute approximate surface area is 92.5 Å². The molecule has 4 heteroatoms. The number of carbonyl (C=O) groups excluding carboxylic acids is 2. The molecule has 4 nitrogen and oxygen atoms in total. The van der Waals surface area contributed by atoms with Gasteiger partial charge in [0.1, 0.15) is 0 Å². The summed E-state index contributed by atoms with van der Waals surface area (Å²) in [6, 6.07) is 0. The summed E-state index contributed by atoms with van der Waals surface area (Å²) in [4.78, 5) is 31.9. The van der Waals surface area contributed by atoms with Crippen LogP contribution in [0.25, 0.3) is 0 Å². The molecule has 0 bridgehead atoms. The minimum absolute atomic E-state index is 0.0212. The van der Waals surface area contributed by atoms with E-state index < -0.39 is 5.41 Å². The third-order valence-corrected chi connectivity index (χ3v) is 3.24. The molecule has 1 spiro atoms. The van der Waals surface area contributed by atoms with Crippen molar-refractivity contribution in [3.8, 4) is 0 Å². The van der Waals surface area contributed by atoms with Gasteiger partial charge in [0, 0.05) is 37.4 Å². The van der Waals surface area contributed by atoms with Gasteiger partial charge >= 0.3 is 0 Å². The second-order valence-corrected chi connectivity index (χ2v) is 4.21. The van der Waals surface area contributed by atoms with E-state index in [0.29, 0.717) is 18.5 Å². The van der Waals surface area contributed by atoms with Gasteiger partial charge in [0.2, 0.25) is 0 Å². The van der Waals surface area contributed by atoms with Crippen molar-refractivity contribution in [2.75, 3.05) is 6.54 Å². The van der Waals surface area contributed by atoms with Crippen LogP contribution in [0.15, 0.2) is 33.9 Å². The first-order valence-electron chi connectivity index (χ1n) is 5.26. The van der Waals surface area contributed by atoms with E-state index in [1.54, 1.807) is 18.5 Å². The van der Waals surface area contributed by atoms with Crippen molar-refractivity contribution in [2.45, 2.75) is 12.8 Å². The molecule has 0 aromatic heterocycles. The molecule has 0 fully saturated rings. The first kappa shape index (κ1) is 9.39. The lowest BCUT2D eigenvalue weighted by Gasteiger charge is -2.29. The van der Waals surface area contributed by atoms with E-state index in [2.05, 4.69) is 9.98 Å². The average Bonchev–Trinajstić information content (AvgIpc) is 2.60. The standard InChI is InChI=1S/C12H10N2O2/c15-8-1-2-11-12(5-8)7-13-6-9(12)10(16)3-4-14-11/h1-2,6-7H,3-5H2. The quantitative estimate of drug-likeness (QED) is 0.601. The first-order valence-corrected chi connectivity index (χ1v) is 5.26. The van der Waals surface area contributed by atoms with Crippen LogP contribution in [-0.2, 0) is 9.59 Å². The Bertz CT molecular complexity index is 511. The number of hydrogen-bond donors (Lipinski definition) is 0. The molecule has 0 saturated heterocycles. The summed E-state index contributed by atoms with van der Waals surface area (Å²) >= 11 is 0. The van der Waals surface area contributed by atoms with E-state index in [0.717, 1.165) is 5.71 Å². The maximum absolute atomic E-state index is 11.9. The normalized spacial score (nSPS) is 31.8. The van der Waals surface area contributed by atoms with E-state index in [1.807, 2.05) is 0 Å². The highest BCUT2D eigenvalue weighted by Gasteiger charge is 2.46. The van der Waals surface area contributed by atoms with Gasteiger partial charge in [-0.05, 0) is 12.2 Å². The minimum Gasteiger partial charge on any atom is -0.295 e. The van der Waals surface area contributed by atoms with Gasteiger partial charge in [0.05, 0.1) is 11.1 Å². The third kappa shape index (κ3) is 1.10. The number of ketones is 2. The third-order valence-electron chi connectivity index (χ3n) is 3.24. The SMILES string of the molecule is O=C1C=CC2=NCCC(=O)C3=CN=CC32C1. The average molecular weight is 214 g/mol. The second-order valence-electron chi connectivity index (χ2n) is 4.21. The highest BCUT2D eigenvalue weighted by atomic mass is 16.1. The highest BCUT2D eigenvalue weighted by molar-refractivity contribution is 6.25. The number of rotatable bonds is 0. The summed E-state index contributed by atoms with van der Waals surface area (Å²) < 4.78 is 0.